The summed E-state index contributed by atoms with van der Waals surface area (Å²) in [6.45, 7) is 13.0. The number of benzene rings is 2. The lowest BCUT2D eigenvalue weighted by atomic mass is 9.95. The number of hydrogen-bond acceptors (Lipinski definition) is 2. The minimum absolute atomic E-state index is 0.0711. The molecule has 0 aliphatic rings. The Hall–Kier alpha value is -2.13. The zero-order chi connectivity index (χ0) is 20.0. The predicted octanol–water partition coefficient (Wildman–Crippen LogP) is 5.03. The molecule has 144 valence electrons. The average Bonchev–Trinajstić information content (AvgIpc) is 2.62. The summed E-state index contributed by atoms with van der Waals surface area (Å²) in [6, 6.07) is 21.6. The average molecular weight is 380 g/mol. The molecule has 1 N–H and O–H groups in total. The van der Waals surface area contributed by atoms with E-state index in [1.165, 1.54) is 10.8 Å². The number of hydrogen-bond donors (Lipinski definition) is 1. The summed E-state index contributed by atoms with van der Waals surface area (Å²) in [6.07, 6.45) is 1.79. The van der Waals surface area contributed by atoms with E-state index in [0.717, 1.165) is 5.70 Å². The van der Waals surface area contributed by atoms with Gasteiger partial charge in [-0.15, -0.1) is 0 Å². The van der Waals surface area contributed by atoms with E-state index in [9.17, 15) is 4.79 Å². The van der Waals surface area contributed by atoms with Gasteiger partial charge in [0.05, 0.1) is 8.07 Å². The van der Waals surface area contributed by atoms with Crippen LogP contribution in [0, 0.1) is 5.92 Å². The van der Waals surface area contributed by atoms with Gasteiger partial charge in [-0.1, -0.05) is 85.9 Å². The first-order valence-corrected chi connectivity index (χ1v) is 12.9. The maximum Gasteiger partial charge on any atom is 0.160 e. The topological polar surface area (TPSA) is 29.1 Å². The Labute approximate surface area is 165 Å². The van der Waals surface area contributed by atoms with E-state index in [0.29, 0.717) is 6.04 Å². The molecule has 2 nitrogen and oxygen atoms in total. The molecule has 2 rings (SSSR count). The molecule has 27 heavy (non-hydrogen) atoms. The molecule has 0 spiro atoms. The maximum absolute atomic E-state index is 13.1. The van der Waals surface area contributed by atoms with Gasteiger partial charge in [0.1, 0.15) is 0 Å². The van der Waals surface area contributed by atoms with Crippen molar-refractivity contribution in [2.75, 3.05) is 0 Å². The van der Waals surface area contributed by atoms with Crippen LogP contribution in [0.4, 0.5) is 0 Å². The molecular weight excluding hydrogens is 346 g/mol. The largest absolute Gasteiger partial charge is 0.386 e. The quantitative estimate of drug-likeness (QED) is 0.515. The van der Waals surface area contributed by atoms with E-state index in [4.69, 9.17) is 0 Å². The van der Waals surface area contributed by atoms with Crippen LogP contribution in [0.2, 0.25) is 13.1 Å². The highest BCUT2D eigenvalue weighted by molar-refractivity contribution is 6.91. The highest BCUT2D eigenvalue weighted by atomic mass is 28.3. The summed E-state index contributed by atoms with van der Waals surface area (Å²) < 4.78 is 0. The Morgan fingerprint density at radius 1 is 0.926 bits per heavy atom. The Bertz CT molecular complexity index is 765. The van der Waals surface area contributed by atoms with Crippen molar-refractivity contribution in [2.45, 2.75) is 52.4 Å². The highest BCUT2D eigenvalue weighted by Gasteiger charge is 2.40. The molecule has 0 amide bonds. The van der Waals surface area contributed by atoms with Crippen LogP contribution >= 0.6 is 0 Å². The van der Waals surface area contributed by atoms with Crippen LogP contribution in [0.3, 0.4) is 0 Å². The minimum atomic E-state index is -1.93. The van der Waals surface area contributed by atoms with Crippen molar-refractivity contribution in [3.05, 3.63) is 78.0 Å². The fourth-order valence-corrected chi connectivity index (χ4v) is 7.89. The predicted molar refractivity (Wildman–Crippen MR) is 119 cm³/mol. The van der Waals surface area contributed by atoms with Gasteiger partial charge in [-0.2, -0.15) is 0 Å². The lowest BCUT2D eigenvalue weighted by Crippen LogP contribution is -2.51. The van der Waals surface area contributed by atoms with Crippen molar-refractivity contribution in [1.29, 1.82) is 0 Å². The summed E-state index contributed by atoms with van der Waals surface area (Å²) >= 11 is 0. The van der Waals surface area contributed by atoms with Gasteiger partial charge in [-0.3, -0.25) is 4.79 Å². The van der Waals surface area contributed by atoms with Crippen LogP contribution in [0.25, 0.3) is 0 Å². The van der Waals surface area contributed by atoms with Gasteiger partial charge in [-0.05, 0) is 31.9 Å². The number of nitrogens with one attached hydrogen (secondary N) is 1. The Morgan fingerprint density at radius 3 is 1.96 bits per heavy atom. The first kappa shape index (κ1) is 21.2. The molecule has 0 heterocycles. The third-order valence-electron chi connectivity index (χ3n) is 5.28. The Kier molecular flexibility index (Phi) is 7.20. The van der Waals surface area contributed by atoms with Gasteiger partial charge in [0, 0.05) is 23.7 Å². The second-order valence-corrected chi connectivity index (χ2v) is 12.9. The molecule has 0 saturated carbocycles. The molecule has 3 heteroatoms. The van der Waals surface area contributed by atoms with E-state index in [1.807, 2.05) is 13.0 Å². The number of carbonyl (C=O) groups excluding carboxylic acids is 1. The number of allylic oxidation sites excluding steroid dienone is 2. The van der Waals surface area contributed by atoms with Crippen LogP contribution in [0.5, 0.6) is 0 Å². The van der Waals surface area contributed by atoms with Gasteiger partial charge in [0.15, 0.2) is 5.78 Å². The summed E-state index contributed by atoms with van der Waals surface area (Å²) in [5, 5.41) is 4.72. The van der Waals surface area contributed by atoms with Crippen LogP contribution in [0.15, 0.2) is 72.4 Å². The summed E-state index contributed by atoms with van der Waals surface area (Å²) in [5.74, 6) is 0.129. The van der Waals surface area contributed by atoms with Crippen LogP contribution in [0.1, 0.15) is 38.8 Å². The third-order valence-corrected chi connectivity index (χ3v) is 9.49. The molecule has 0 aliphatic carbocycles. The van der Waals surface area contributed by atoms with E-state index in [-0.39, 0.29) is 17.2 Å². The van der Waals surface area contributed by atoms with E-state index >= 15 is 0 Å². The first-order valence-electron chi connectivity index (χ1n) is 9.82. The minimum Gasteiger partial charge on any atom is -0.386 e. The molecular formula is C24H33NOSi. The van der Waals surface area contributed by atoms with Crippen LogP contribution < -0.4 is 10.5 Å². The van der Waals surface area contributed by atoms with E-state index in [2.05, 4.69) is 93.8 Å². The summed E-state index contributed by atoms with van der Waals surface area (Å²) in [4.78, 5) is 13.1. The molecule has 2 aromatic rings. The SMILES string of the molecule is C/C(=C/C(=O)[C@@H](C)[C@H](c1ccccc1)[Si](C)(C)c1ccccc1)NC(C)C. The monoisotopic (exact) mass is 379 g/mol. The zero-order valence-electron chi connectivity index (χ0n) is 17.5. The first-order chi connectivity index (χ1) is 12.7. The van der Waals surface area contributed by atoms with E-state index < -0.39 is 8.07 Å². The Balaban J connectivity index is 2.43. The second-order valence-electron chi connectivity index (χ2n) is 8.29. The normalized spacial score (nSPS) is 14.7. The molecule has 0 bridgehead atoms. The fraction of sp³-hybridized carbons (Fsp3) is 0.375. The summed E-state index contributed by atoms with van der Waals surface area (Å²) in [5.41, 5.74) is 2.42. The number of ketones is 1. The van der Waals surface area contributed by atoms with Crippen molar-refractivity contribution in [3.63, 3.8) is 0 Å². The molecule has 2 atom stereocenters. The number of rotatable bonds is 8. The van der Waals surface area contributed by atoms with E-state index in [1.54, 1.807) is 6.08 Å². The van der Waals surface area contributed by atoms with Crippen molar-refractivity contribution < 1.29 is 4.79 Å². The van der Waals surface area contributed by atoms with Gasteiger partial charge in [-0.25, -0.2) is 0 Å². The van der Waals surface area contributed by atoms with Gasteiger partial charge in [0.25, 0.3) is 0 Å². The fourth-order valence-electron chi connectivity index (χ4n) is 4.04. The van der Waals surface area contributed by atoms with Crippen LogP contribution in [-0.2, 0) is 4.79 Å². The van der Waals surface area contributed by atoms with Crippen molar-refractivity contribution >= 4 is 19.0 Å². The van der Waals surface area contributed by atoms with Crippen molar-refractivity contribution in [3.8, 4) is 0 Å². The van der Waals surface area contributed by atoms with Gasteiger partial charge < -0.3 is 5.32 Å². The third kappa shape index (κ3) is 5.42. The second kappa shape index (κ2) is 9.18. The molecule has 0 fully saturated rings. The van der Waals surface area contributed by atoms with Gasteiger partial charge in [0.2, 0.25) is 0 Å². The molecule has 0 radical (unpaired) electrons. The lowest BCUT2D eigenvalue weighted by Gasteiger charge is -2.37. The molecule has 0 aliphatic heterocycles. The molecule has 2 aromatic carbocycles. The zero-order valence-corrected chi connectivity index (χ0v) is 18.5. The lowest BCUT2D eigenvalue weighted by molar-refractivity contribution is -0.117. The van der Waals surface area contributed by atoms with Crippen molar-refractivity contribution in [1.82, 2.24) is 5.32 Å². The Morgan fingerprint density at radius 2 is 1.44 bits per heavy atom. The molecule has 0 saturated heterocycles. The smallest absolute Gasteiger partial charge is 0.160 e. The standard InChI is InChI=1S/C24H33NOSi/c1-18(2)25-19(3)17-23(26)20(4)24(21-13-9-7-10-14-21)27(5,6)22-15-11-8-12-16-22/h7-18,20,24-25H,1-6H3/b19-17-/t20-,24-/m1/s1. The molecule has 0 aromatic heterocycles. The molecule has 0 unspecified atom stereocenters. The number of carbonyl (C=O) groups is 1. The highest BCUT2D eigenvalue weighted by Crippen LogP contribution is 2.35. The maximum atomic E-state index is 13.1. The summed E-state index contributed by atoms with van der Waals surface area (Å²) in [7, 11) is -1.93. The van der Waals surface area contributed by atoms with Gasteiger partial charge >= 0.3 is 0 Å². The van der Waals surface area contributed by atoms with Crippen LogP contribution in [-0.4, -0.2) is 19.9 Å². The van der Waals surface area contributed by atoms with Crippen molar-refractivity contribution in [2.24, 2.45) is 5.92 Å².